The van der Waals surface area contributed by atoms with Crippen LogP contribution in [0.5, 0.6) is 11.5 Å². The normalized spacial score (nSPS) is 19.0. The number of hydrogen-bond donors (Lipinski definition) is 1. The number of carbonyl (C=O) groups is 2. The van der Waals surface area contributed by atoms with Crippen molar-refractivity contribution in [2.75, 3.05) is 60.7 Å². The maximum atomic E-state index is 13.9. The lowest BCUT2D eigenvalue weighted by Crippen LogP contribution is -2.46. The molecule has 2 aliphatic rings. The van der Waals surface area contributed by atoms with Gasteiger partial charge in [-0.15, -0.1) is 0 Å². The lowest BCUT2D eigenvalue weighted by molar-refractivity contribution is -0.143. The fraction of sp³-hybridized carbons (Fsp3) is 0.576. The molecule has 1 aliphatic carbocycles. The Kier molecular flexibility index (Phi) is 11.6. The number of amides is 2. The average Bonchev–Trinajstić information content (AvgIpc) is 3.75. The standard InChI is InChI=1S/C33H47N3O6/c1-23(2)35(32(37)25-12-15-29(40-4)30(18-25)42-17-9-16-39-3)21-26-19-34-20-27(26)22-36(28-13-14-28)33(38)31(41-5)24-10-7-6-8-11-24/h6-8,10-12,15,18,23,26-28,31,34H,9,13-14,16-17,19-22H2,1-5H3/t26-,27-,31-/m0/s1. The molecule has 0 unspecified atom stereocenters. The Labute approximate surface area is 250 Å². The molecule has 2 aromatic rings. The Balaban J connectivity index is 1.46. The van der Waals surface area contributed by atoms with E-state index in [-0.39, 0.29) is 35.7 Å². The van der Waals surface area contributed by atoms with Gasteiger partial charge >= 0.3 is 0 Å². The molecular weight excluding hydrogens is 534 g/mol. The van der Waals surface area contributed by atoms with Gasteiger partial charge in [-0.1, -0.05) is 30.3 Å². The van der Waals surface area contributed by atoms with Gasteiger partial charge < -0.3 is 34.1 Å². The van der Waals surface area contributed by atoms with Crippen molar-refractivity contribution in [2.24, 2.45) is 11.8 Å². The fourth-order valence-electron chi connectivity index (χ4n) is 5.69. The molecule has 9 nitrogen and oxygen atoms in total. The number of ether oxygens (including phenoxy) is 4. The minimum atomic E-state index is -0.616. The van der Waals surface area contributed by atoms with Crippen molar-refractivity contribution in [2.45, 2.75) is 51.3 Å². The molecule has 0 bridgehead atoms. The van der Waals surface area contributed by atoms with E-state index in [2.05, 4.69) is 5.32 Å². The molecule has 9 heteroatoms. The smallest absolute Gasteiger partial charge is 0.256 e. The Hall–Kier alpha value is -3.14. The molecule has 1 saturated heterocycles. The second kappa shape index (κ2) is 15.4. The number of benzene rings is 2. The number of nitrogens with zero attached hydrogens (tertiary/aromatic N) is 2. The Morgan fingerprint density at radius 2 is 1.64 bits per heavy atom. The van der Waals surface area contributed by atoms with Crippen LogP contribution in [0, 0.1) is 11.8 Å². The van der Waals surface area contributed by atoms with Crippen LogP contribution in [0.4, 0.5) is 0 Å². The predicted octanol–water partition coefficient (Wildman–Crippen LogP) is 4.18. The molecule has 0 spiro atoms. The second-order valence-corrected chi connectivity index (χ2v) is 11.5. The lowest BCUT2D eigenvalue weighted by atomic mass is 9.93. The van der Waals surface area contributed by atoms with Gasteiger partial charge in [0, 0.05) is 71.1 Å². The van der Waals surface area contributed by atoms with E-state index in [1.54, 1.807) is 39.5 Å². The number of hydrogen-bond acceptors (Lipinski definition) is 7. The van der Waals surface area contributed by atoms with E-state index in [1.807, 2.05) is 54.0 Å². The zero-order chi connectivity index (χ0) is 30.1. The van der Waals surface area contributed by atoms with Crippen molar-refractivity contribution in [3.63, 3.8) is 0 Å². The molecule has 1 aliphatic heterocycles. The van der Waals surface area contributed by atoms with Crippen molar-refractivity contribution in [3.05, 3.63) is 59.7 Å². The van der Waals surface area contributed by atoms with Crippen LogP contribution in [0.25, 0.3) is 0 Å². The molecule has 4 rings (SSSR count). The van der Waals surface area contributed by atoms with E-state index in [9.17, 15) is 9.59 Å². The summed E-state index contributed by atoms with van der Waals surface area (Å²) >= 11 is 0. The monoisotopic (exact) mass is 581 g/mol. The highest BCUT2D eigenvalue weighted by molar-refractivity contribution is 5.95. The van der Waals surface area contributed by atoms with Gasteiger partial charge in [0.25, 0.3) is 11.8 Å². The Morgan fingerprint density at radius 1 is 0.929 bits per heavy atom. The highest BCUT2D eigenvalue weighted by Crippen LogP contribution is 2.34. The summed E-state index contributed by atoms with van der Waals surface area (Å²) in [6, 6.07) is 15.3. The number of carbonyl (C=O) groups excluding carboxylic acids is 2. The van der Waals surface area contributed by atoms with Crippen LogP contribution in [-0.2, 0) is 14.3 Å². The van der Waals surface area contributed by atoms with Gasteiger partial charge in [-0.25, -0.2) is 0 Å². The molecule has 3 atom stereocenters. The number of nitrogens with one attached hydrogen (secondary N) is 1. The Bertz CT molecular complexity index is 1160. The largest absolute Gasteiger partial charge is 0.493 e. The molecule has 0 radical (unpaired) electrons. The number of rotatable bonds is 16. The van der Waals surface area contributed by atoms with Crippen molar-refractivity contribution >= 4 is 11.8 Å². The highest BCUT2D eigenvalue weighted by Gasteiger charge is 2.40. The van der Waals surface area contributed by atoms with E-state index >= 15 is 0 Å². The first-order valence-corrected chi connectivity index (χ1v) is 15.1. The van der Waals surface area contributed by atoms with Gasteiger partial charge in [-0.05, 0) is 62.3 Å². The summed E-state index contributed by atoms with van der Waals surface area (Å²) in [5.41, 5.74) is 1.43. The molecule has 2 aromatic carbocycles. The second-order valence-electron chi connectivity index (χ2n) is 11.5. The molecule has 2 amide bonds. The quantitative estimate of drug-likeness (QED) is 0.298. The molecule has 230 valence electrons. The summed E-state index contributed by atoms with van der Waals surface area (Å²) in [4.78, 5) is 31.6. The predicted molar refractivity (Wildman–Crippen MR) is 162 cm³/mol. The van der Waals surface area contributed by atoms with Gasteiger partial charge in [0.2, 0.25) is 0 Å². The lowest BCUT2D eigenvalue weighted by Gasteiger charge is -2.34. The van der Waals surface area contributed by atoms with Gasteiger partial charge in [0.1, 0.15) is 0 Å². The minimum Gasteiger partial charge on any atom is -0.493 e. The molecule has 1 heterocycles. The summed E-state index contributed by atoms with van der Waals surface area (Å²) in [6.07, 6.45) is 2.16. The van der Waals surface area contributed by atoms with Crippen LogP contribution < -0.4 is 14.8 Å². The zero-order valence-corrected chi connectivity index (χ0v) is 25.7. The van der Waals surface area contributed by atoms with Gasteiger partial charge in [0.05, 0.1) is 13.7 Å². The zero-order valence-electron chi connectivity index (χ0n) is 25.7. The minimum absolute atomic E-state index is 0.00374. The van der Waals surface area contributed by atoms with Crippen molar-refractivity contribution in [1.82, 2.24) is 15.1 Å². The SMILES string of the molecule is COCCCOc1cc(C(=O)N(C[C@@H]2CNC[C@H]2CN(C(=O)[C@@H](OC)c2ccccc2)C2CC2)C(C)C)ccc1OC. The third kappa shape index (κ3) is 8.02. The van der Waals surface area contributed by atoms with E-state index in [1.165, 1.54) is 0 Å². The van der Waals surface area contributed by atoms with Crippen molar-refractivity contribution in [3.8, 4) is 11.5 Å². The van der Waals surface area contributed by atoms with Crippen LogP contribution in [0.3, 0.4) is 0 Å². The van der Waals surface area contributed by atoms with E-state index in [4.69, 9.17) is 18.9 Å². The van der Waals surface area contributed by atoms with Gasteiger partial charge in [-0.3, -0.25) is 9.59 Å². The number of methoxy groups -OCH3 is 3. The van der Waals surface area contributed by atoms with Crippen LogP contribution in [0.2, 0.25) is 0 Å². The molecule has 0 aromatic heterocycles. The van der Waals surface area contributed by atoms with Crippen LogP contribution >= 0.6 is 0 Å². The third-order valence-corrected chi connectivity index (χ3v) is 8.22. The van der Waals surface area contributed by atoms with E-state index in [0.29, 0.717) is 43.4 Å². The van der Waals surface area contributed by atoms with Crippen LogP contribution in [-0.4, -0.2) is 94.4 Å². The van der Waals surface area contributed by atoms with Gasteiger partial charge in [0.15, 0.2) is 17.6 Å². The summed E-state index contributed by atoms with van der Waals surface area (Å²) in [6.45, 7) is 8.02. The maximum Gasteiger partial charge on any atom is 0.256 e. The van der Waals surface area contributed by atoms with Crippen LogP contribution in [0.15, 0.2) is 48.5 Å². The fourth-order valence-corrected chi connectivity index (χ4v) is 5.69. The summed E-state index contributed by atoms with van der Waals surface area (Å²) < 4.78 is 22.2. The maximum absolute atomic E-state index is 13.9. The molecule has 1 saturated carbocycles. The summed E-state index contributed by atoms with van der Waals surface area (Å²) in [7, 11) is 4.85. The molecule has 42 heavy (non-hydrogen) atoms. The topological polar surface area (TPSA) is 89.6 Å². The summed E-state index contributed by atoms with van der Waals surface area (Å²) in [5, 5.41) is 3.53. The van der Waals surface area contributed by atoms with Crippen molar-refractivity contribution < 1.29 is 28.5 Å². The molecular formula is C33H47N3O6. The Morgan fingerprint density at radius 3 is 2.26 bits per heavy atom. The van der Waals surface area contributed by atoms with Gasteiger partial charge in [-0.2, -0.15) is 0 Å². The highest BCUT2D eigenvalue weighted by atomic mass is 16.5. The van der Waals surface area contributed by atoms with E-state index < -0.39 is 6.10 Å². The molecule has 1 N–H and O–H groups in total. The first-order valence-electron chi connectivity index (χ1n) is 15.1. The van der Waals surface area contributed by atoms with Crippen molar-refractivity contribution in [1.29, 1.82) is 0 Å². The average molecular weight is 582 g/mol. The van der Waals surface area contributed by atoms with Crippen LogP contribution in [0.1, 0.15) is 55.1 Å². The third-order valence-electron chi connectivity index (χ3n) is 8.22. The van der Waals surface area contributed by atoms with E-state index in [0.717, 1.165) is 37.9 Å². The molecule has 2 fully saturated rings. The first-order chi connectivity index (χ1) is 20.4. The summed E-state index contributed by atoms with van der Waals surface area (Å²) in [5.74, 6) is 1.56. The first kappa shape index (κ1) is 31.8.